The second-order valence-electron chi connectivity index (χ2n) is 4.46. The van der Waals surface area contributed by atoms with Crippen LogP contribution in [0.25, 0.3) is 10.8 Å². The van der Waals surface area contributed by atoms with Gasteiger partial charge in [-0.3, -0.25) is 5.43 Å². The van der Waals surface area contributed by atoms with Gasteiger partial charge in [-0.15, -0.1) is 0 Å². The highest BCUT2D eigenvalue weighted by atomic mass is 16.3. The summed E-state index contributed by atoms with van der Waals surface area (Å²) in [7, 11) is 0. The van der Waals surface area contributed by atoms with E-state index in [4.69, 9.17) is 0 Å². The fourth-order valence-electron chi connectivity index (χ4n) is 2.10. The van der Waals surface area contributed by atoms with Crippen molar-refractivity contribution in [1.82, 2.24) is 0 Å². The fraction of sp³-hybridized carbons (Fsp3) is 0. The van der Waals surface area contributed by atoms with E-state index in [1.807, 2.05) is 60.7 Å². The van der Waals surface area contributed by atoms with Crippen LogP contribution in [-0.4, -0.2) is 11.3 Å². The number of rotatable bonds is 3. The molecule has 3 rings (SSSR count). The quantitative estimate of drug-likeness (QED) is 0.553. The van der Waals surface area contributed by atoms with Gasteiger partial charge in [0.05, 0.1) is 11.9 Å². The molecule has 0 aliphatic heterocycles. The predicted molar refractivity (Wildman–Crippen MR) is 83.3 cm³/mol. The lowest BCUT2D eigenvalue weighted by atomic mass is 10.0. The van der Waals surface area contributed by atoms with Gasteiger partial charge in [0, 0.05) is 5.56 Å². The van der Waals surface area contributed by atoms with E-state index in [1.54, 1.807) is 12.3 Å². The molecule has 0 saturated carbocycles. The molecule has 0 aromatic heterocycles. The molecule has 0 saturated heterocycles. The zero-order valence-electron chi connectivity index (χ0n) is 10.8. The zero-order valence-corrected chi connectivity index (χ0v) is 10.8. The van der Waals surface area contributed by atoms with Crippen molar-refractivity contribution in [2.24, 2.45) is 5.10 Å². The Kier molecular flexibility index (Phi) is 3.33. The first-order chi connectivity index (χ1) is 9.84. The topological polar surface area (TPSA) is 44.6 Å². The van der Waals surface area contributed by atoms with E-state index in [2.05, 4.69) is 10.5 Å². The molecule has 0 unspecified atom stereocenters. The number of nitrogens with one attached hydrogen (secondary N) is 1. The van der Waals surface area contributed by atoms with Gasteiger partial charge in [0.25, 0.3) is 0 Å². The summed E-state index contributed by atoms with van der Waals surface area (Å²) in [6.45, 7) is 0. The van der Waals surface area contributed by atoms with Crippen molar-refractivity contribution in [3.05, 3.63) is 72.3 Å². The number of nitrogens with zero attached hydrogens (tertiary/aromatic N) is 1. The highest BCUT2D eigenvalue weighted by Crippen LogP contribution is 2.25. The minimum Gasteiger partial charge on any atom is -0.507 e. The Hall–Kier alpha value is -2.81. The van der Waals surface area contributed by atoms with Gasteiger partial charge >= 0.3 is 0 Å². The van der Waals surface area contributed by atoms with Gasteiger partial charge in [0.15, 0.2) is 0 Å². The van der Waals surface area contributed by atoms with Crippen LogP contribution >= 0.6 is 0 Å². The molecule has 0 fully saturated rings. The van der Waals surface area contributed by atoms with Crippen molar-refractivity contribution in [2.45, 2.75) is 0 Å². The maximum absolute atomic E-state index is 9.99. The largest absolute Gasteiger partial charge is 0.507 e. The van der Waals surface area contributed by atoms with E-state index < -0.39 is 0 Å². The molecule has 0 heterocycles. The average molecular weight is 262 g/mol. The SMILES string of the molecule is Oc1ccc2ccccc2c1/C=N\Nc1ccccc1. The van der Waals surface area contributed by atoms with Gasteiger partial charge in [-0.1, -0.05) is 48.5 Å². The number of fused-ring (bicyclic) bond motifs is 1. The summed E-state index contributed by atoms with van der Waals surface area (Å²) in [4.78, 5) is 0. The van der Waals surface area contributed by atoms with Crippen LogP contribution in [0.2, 0.25) is 0 Å². The van der Waals surface area contributed by atoms with Crippen molar-refractivity contribution in [3.63, 3.8) is 0 Å². The summed E-state index contributed by atoms with van der Waals surface area (Å²) in [5.74, 6) is 0.224. The summed E-state index contributed by atoms with van der Waals surface area (Å²) in [6, 6.07) is 21.2. The van der Waals surface area contributed by atoms with Crippen molar-refractivity contribution >= 4 is 22.7 Å². The molecule has 0 aliphatic carbocycles. The molecule has 0 amide bonds. The normalized spacial score (nSPS) is 11.0. The Balaban J connectivity index is 1.92. The van der Waals surface area contributed by atoms with E-state index in [0.717, 1.165) is 16.5 Å². The third-order valence-electron chi connectivity index (χ3n) is 3.11. The molecule has 20 heavy (non-hydrogen) atoms. The zero-order chi connectivity index (χ0) is 13.8. The number of anilines is 1. The van der Waals surface area contributed by atoms with Crippen molar-refractivity contribution in [3.8, 4) is 5.75 Å². The monoisotopic (exact) mass is 262 g/mol. The van der Waals surface area contributed by atoms with Crippen LogP contribution in [0.15, 0.2) is 71.8 Å². The van der Waals surface area contributed by atoms with Gasteiger partial charge < -0.3 is 5.11 Å². The molecule has 0 aliphatic rings. The molecule has 3 aromatic carbocycles. The standard InChI is InChI=1S/C17H14N2O/c20-17-11-10-13-6-4-5-9-15(13)16(17)12-18-19-14-7-2-1-3-8-14/h1-12,19-20H/b18-12-. The maximum atomic E-state index is 9.99. The fourth-order valence-corrected chi connectivity index (χ4v) is 2.10. The smallest absolute Gasteiger partial charge is 0.125 e. The van der Waals surface area contributed by atoms with Crippen molar-refractivity contribution in [1.29, 1.82) is 0 Å². The lowest BCUT2D eigenvalue weighted by Crippen LogP contribution is -1.91. The first-order valence-corrected chi connectivity index (χ1v) is 6.39. The van der Waals surface area contributed by atoms with Gasteiger partial charge in [0.2, 0.25) is 0 Å². The Labute approximate surface area is 117 Å². The molecule has 3 nitrogen and oxygen atoms in total. The number of benzene rings is 3. The summed E-state index contributed by atoms with van der Waals surface area (Å²) in [6.07, 6.45) is 1.64. The molecule has 98 valence electrons. The Bertz CT molecular complexity index is 751. The van der Waals surface area contributed by atoms with Crippen LogP contribution in [0.5, 0.6) is 5.75 Å². The first-order valence-electron chi connectivity index (χ1n) is 6.39. The first kappa shape index (κ1) is 12.2. The number of hydrazone groups is 1. The highest BCUT2D eigenvalue weighted by molar-refractivity contribution is 6.02. The van der Waals surface area contributed by atoms with Gasteiger partial charge in [-0.25, -0.2) is 0 Å². The minimum absolute atomic E-state index is 0.224. The summed E-state index contributed by atoms with van der Waals surface area (Å²) < 4.78 is 0. The van der Waals surface area contributed by atoms with E-state index in [-0.39, 0.29) is 5.75 Å². The van der Waals surface area contributed by atoms with Crippen LogP contribution in [0, 0.1) is 0 Å². The molecule has 3 aromatic rings. The summed E-state index contributed by atoms with van der Waals surface area (Å²) >= 11 is 0. The van der Waals surface area contributed by atoms with Gasteiger partial charge in [0.1, 0.15) is 5.75 Å². The van der Waals surface area contributed by atoms with Gasteiger partial charge in [-0.05, 0) is 29.0 Å². The Morgan fingerprint density at radius 2 is 1.60 bits per heavy atom. The lowest BCUT2D eigenvalue weighted by molar-refractivity contribution is 0.475. The average Bonchev–Trinajstić information content (AvgIpc) is 2.50. The van der Waals surface area contributed by atoms with E-state index in [0.29, 0.717) is 5.56 Å². The Morgan fingerprint density at radius 3 is 2.45 bits per heavy atom. The van der Waals surface area contributed by atoms with Gasteiger partial charge in [-0.2, -0.15) is 5.10 Å². The second kappa shape index (κ2) is 5.45. The number of phenolic OH excluding ortho intramolecular Hbond substituents is 1. The molecule has 0 atom stereocenters. The Morgan fingerprint density at radius 1 is 0.850 bits per heavy atom. The van der Waals surface area contributed by atoms with Crippen LogP contribution in [0.3, 0.4) is 0 Å². The highest BCUT2D eigenvalue weighted by Gasteiger charge is 2.03. The van der Waals surface area contributed by atoms with Crippen LogP contribution in [-0.2, 0) is 0 Å². The van der Waals surface area contributed by atoms with Crippen LogP contribution < -0.4 is 5.43 Å². The minimum atomic E-state index is 0.224. The molecule has 0 spiro atoms. The van der Waals surface area contributed by atoms with E-state index >= 15 is 0 Å². The molecule has 2 N–H and O–H groups in total. The third-order valence-corrected chi connectivity index (χ3v) is 3.11. The lowest BCUT2D eigenvalue weighted by Gasteiger charge is -2.05. The van der Waals surface area contributed by atoms with Crippen molar-refractivity contribution in [2.75, 3.05) is 5.43 Å². The number of para-hydroxylation sites is 1. The molecular formula is C17H14N2O. The van der Waals surface area contributed by atoms with E-state index in [9.17, 15) is 5.11 Å². The van der Waals surface area contributed by atoms with Crippen molar-refractivity contribution < 1.29 is 5.11 Å². The molecule has 0 bridgehead atoms. The molecule has 3 heteroatoms. The molecule has 0 radical (unpaired) electrons. The maximum Gasteiger partial charge on any atom is 0.125 e. The number of hydrogen-bond acceptors (Lipinski definition) is 3. The summed E-state index contributed by atoms with van der Waals surface area (Å²) in [5, 5.41) is 16.2. The van der Waals surface area contributed by atoms with E-state index in [1.165, 1.54) is 0 Å². The number of aromatic hydroxyl groups is 1. The second-order valence-corrected chi connectivity index (χ2v) is 4.46. The van der Waals surface area contributed by atoms with Crippen LogP contribution in [0.1, 0.15) is 5.56 Å². The number of phenols is 1. The predicted octanol–water partition coefficient (Wildman–Crippen LogP) is 3.99. The third kappa shape index (κ3) is 2.47. The number of hydrogen-bond donors (Lipinski definition) is 2. The summed E-state index contributed by atoms with van der Waals surface area (Å²) in [5.41, 5.74) is 4.56. The molecular weight excluding hydrogens is 248 g/mol. The van der Waals surface area contributed by atoms with Crippen LogP contribution in [0.4, 0.5) is 5.69 Å².